The molecule has 0 bridgehead atoms. The van der Waals surface area contributed by atoms with Crippen molar-refractivity contribution in [2.45, 2.75) is 38.3 Å². The summed E-state index contributed by atoms with van der Waals surface area (Å²) in [5, 5.41) is 13.1. The molecule has 0 aliphatic carbocycles. The van der Waals surface area contributed by atoms with Crippen LogP contribution in [0.5, 0.6) is 5.75 Å². The molecule has 5 heteroatoms. The third-order valence-corrected chi connectivity index (χ3v) is 4.03. The van der Waals surface area contributed by atoms with Crippen molar-refractivity contribution in [2.24, 2.45) is 0 Å². The van der Waals surface area contributed by atoms with Gasteiger partial charge in [0.05, 0.1) is 13.2 Å². The van der Waals surface area contributed by atoms with Crippen LogP contribution in [0.2, 0.25) is 0 Å². The van der Waals surface area contributed by atoms with Gasteiger partial charge >= 0.3 is 0 Å². The van der Waals surface area contributed by atoms with Crippen molar-refractivity contribution in [2.75, 3.05) is 7.11 Å². The average molecular weight is 345 g/mol. The summed E-state index contributed by atoms with van der Waals surface area (Å²) in [6.07, 6.45) is 0.526. The summed E-state index contributed by atoms with van der Waals surface area (Å²) in [4.78, 5) is 12.0. The molecule has 2 rings (SSSR count). The van der Waals surface area contributed by atoms with E-state index in [1.54, 1.807) is 12.1 Å². The smallest absolute Gasteiger partial charge is 0.220 e. The van der Waals surface area contributed by atoms with E-state index in [2.05, 4.69) is 5.32 Å². The van der Waals surface area contributed by atoms with E-state index in [1.807, 2.05) is 37.3 Å². The molecule has 0 aromatic heterocycles. The molecule has 0 aliphatic rings. The van der Waals surface area contributed by atoms with E-state index in [0.717, 1.165) is 11.1 Å². The van der Waals surface area contributed by atoms with Gasteiger partial charge in [0.1, 0.15) is 0 Å². The zero-order valence-electron chi connectivity index (χ0n) is 14.5. The number of carbonyl (C=O) groups is 1. The second-order valence-electron chi connectivity index (χ2n) is 6.10. The molecule has 0 fully saturated rings. The van der Waals surface area contributed by atoms with Crippen LogP contribution in [-0.2, 0) is 11.2 Å². The molecular formula is C20H24FNO3. The first-order valence-corrected chi connectivity index (χ1v) is 8.34. The minimum absolute atomic E-state index is 0.121. The minimum Gasteiger partial charge on any atom is -0.494 e. The predicted octanol–water partition coefficient (Wildman–Crippen LogP) is 3.40. The zero-order chi connectivity index (χ0) is 18.2. The average Bonchev–Trinajstić information content (AvgIpc) is 2.60. The molecule has 0 heterocycles. The number of hydrogen-bond acceptors (Lipinski definition) is 3. The fourth-order valence-electron chi connectivity index (χ4n) is 2.68. The first-order valence-electron chi connectivity index (χ1n) is 8.34. The standard InChI is InChI=1S/C20H24FNO3/c1-14(12-18(23)16-6-4-3-5-7-16)22-20(24)11-9-15-8-10-19(25-2)17(21)13-15/h3-8,10,13-14,18,23H,9,11-12H2,1-2H3,(H,22,24). The van der Waals surface area contributed by atoms with Gasteiger partial charge in [-0.1, -0.05) is 36.4 Å². The normalized spacial score (nSPS) is 13.1. The van der Waals surface area contributed by atoms with Gasteiger partial charge in [-0.25, -0.2) is 4.39 Å². The highest BCUT2D eigenvalue weighted by atomic mass is 19.1. The quantitative estimate of drug-likeness (QED) is 0.771. The van der Waals surface area contributed by atoms with Gasteiger partial charge in [0, 0.05) is 12.5 Å². The van der Waals surface area contributed by atoms with Crippen LogP contribution in [0.3, 0.4) is 0 Å². The molecule has 2 aromatic carbocycles. The maximum absolute atomic E-state index is 13.6. The van der Waals surface area contributed by atoms with Crippen LogP contribution >= 0.6 is 0 Å². The Kier molecular flexibility index (Phi) is 6.95. The monoisotopic (exact) mass is 345 g/mol. The summed E-state index contributed by atoms with van der Waals surface area (Å²) in [5.41, 5.74) is 1.57. The number of nitrogens with one attached hydrogen (secondary N) is 1. The molecule has 4 nitrogen and oxygen atoms in total. The van der Waals surface area contributed by atoms with E-state index in [9.17, 15) is 14.3 Å². The van der Waals surface area contributed by atoms with Crippen molar-refractivity contribution >= 4 is 5.91 Å². The lowest BCUT2D eigenvalue weighted by Crippen LogP contribution is -2.33. The van der Waals surface area contributed by atoms with Crippen LogP contribution < -0.4 is 10.1 Å². The number of ether oxygens (including phenoxy) is 1. The Morgan fingerprint density at radius 2 is 1.96 bits per heavy atom. The zero-order valence-corrected chi connectivity index (χ0v) is 14.5. The molecule has 2 N–H and O–H groups in total. The lowest BCUT2D eigenvalue weighted by atomic mass is 10.0. The highest BCUT2D eigenvalue weighted by Gasteiger charge is 2.14. The first kappa shape index (κ1) is 18.9. The highest BCUT2D eigenvalue weighted by molar-refractivity contribution is 5.76. The van der Waals surface area contributed by atoms with E-state index in [0.29, 0.717) is 12.8 Å². The minimum atomic E-state index is -0.618. The van der Waals surface area contributed by atoms with Crippen molar-refractivity contribution in [3.63, 3.8) is 0 Å². The molecular weight excluding hydrogens is 321 g/mol. The fourth-order valence-corrected chi connectivity index (χ4v) is 2.68. The number of hydrogen-bond donors (Lipinski definition) is 2. The molecule has 2 atom stereocenters. The van der Waals surface area contributed by atoms with Gasteiger partial charge in [0.15, 0.2) is 11.6 Å². The fraction of sp³-hybridized carbons (Fsp3) is 0.350. The predicted molar refractivity (Wildman–Crippen MR) is 94.9 cm³/mol. The van der Waals surface area contributed by atoms with E-state index < -0.39 is 11.9 Å². The highest BCUT2D eigenvalue weighted by Crippen LogP contribution is 2.19. The Morgan fingerprint density at radius 1 is 1.24 bits per heavy atom. The van der Waals surface area contributed by atoms with Crippen LogP contribution in [0.25, 0.3) is 0 Å². The molecule has 0 aliphatic heterocycles. The van der Waals surface area contributed by atoms with E-state index >= 15 is 0 Å². The number of aryl methyl sites for hydroxylation is 1. The van der Waals surface area contributed by atoms with E-state index in [4.69, 9.17) is 4.74 Å². The Hall–Kier alpha value is -2.40. The second kappa shape index (κ2) is 9.18. The molecule has 2 aromatic rings. The largest absolute Gasteiger partial charge is 0.494 e. The van der Waals surface area contributed by atoms with Gasteiger partial charge in [-0.15, -0.1) is 0 Å². The van der Waals surface area contributed by atoms with Gasteiger partial charge in [-0.2, -0.15) is 0 Å². The number of benzene rings is 2. The maximum Gasteiger partial charge on any atom is 0.220 e. The molecule has 0 radical (unpaired) electrons. The summed E-state index contributed by atoms with van der Waals surface area (Å²) >= 11 is 0. The first-order chi connectivity index (χ1) is 12.0. The molecule has 2 unspecified atom stereocenters. The van der Waals surface area contributed by atoms with Crippen LogP contribution in [0.1, 0.15) is 37.0 Å². The summed E-state index contributed by atoms with van der Waals surface area (Å²) in [6.45, 7) is 1.86. The lowest BCUT2D eigenvalue weighted by Gasteiger charge is -2.18. The Labute approximate surface area is 147 Å². The Balaban J connectivity index is 1.78. The van der Waals surface area contributed by atoms with Crippen molar-refractivity contribution in [3.8, 4) is 5.75 Å². The number of halogens is 1. The molecule has 134 valence electrons. The number of rotatable bonds is 8. The van der Waals surface area contributed by atoms with Gasteiger partial charge in [0.25, 0.3) is 0 Å². The van der Waals surface area contributed by atoms with Crippen LogP contribution in [-0.4, -0.2) is 24.2 Å². The van der Waals surface area contributed by atoms with E-state index in [1.165, 1.54) is 13.2 Å². The van der Waals surface area contributed by atoms with Crippen molar-refractivity contribution < 1.29 is 19.0 Å². The van der Waals surface area contributed by atoms with Crippen molar-refractivity contribution in [3.05, 3.63) is 65.5 Å². The third-order valence-electron chi connectivity index (χ3n) is 4.03. The third kappa shape index (κ3) is 5.87. The van der Waals surface area contributed by atoms with Gasteiger partial charge in [0.2, 0.25) is 5.91 Å². The summed E-state index contributed by atoms with van der Waals surface area (Å²) in [6, 6.07) is 13.9. The number of amides is 1. The molecule has 0 saturated carbocycles. The Bertz CT molecular complexity index is 691. The Morgan fingerprint density at radius 3 is 2.60 bits per heavy atom. The van der Waals surface area contributed by atoms with Crippen LogP contribution in [0.4, 0.5) is 4.39 Å². The number of carbonyl (C=O) groups excluding carboxylic acids is 1. The van der Waals surface area contributed by atoms with Gasteiger partial charge < -0.3 is 15.2 Å². The van der Waals surface area contributed by atoms with Gasteiger partial charge in [-0.05, 0) is 43.0 Å². The summed E-state index contributed by atoms with van der Waals surface area (Å²) in [7, 11) is 1.41. The van der Waals surface area contributed by atoms with Crippen LogP contribution in [0.15, 0.2) is 48.5 Å². The number of aliphatic hydroxyl groups is 1. The lowest BCUT2D eigenvalue weighted by molar-refractivity contribution is -0.121. The summed E-state index contributed by atoms with van der Waals surface area (Å²) in [5.74, 6) is -0.361. The number of aliphatic hydroxyl groups excluding tert-OH is 1. The molecule has 0 spiro atoms. The number of methoxy groups -OCH3 is 1. The van der Waals surface area contributed by atoms with Gasteiger partial charge in [-0.3, -0.25) is 4.79 Å². The molecule has 1 amide bonds. The van der Waals surface area contributed by atoms with E-state index in [-0.39, 0.29) is 24.1 Å². The molecule has 0 saturated heterocycles. The SMILES string of the molecule is COc1ccc(CCC(=O)NC(C)CC(O)c2ccccc2)cc1F. The molecule has 25 heavy (non-hydrogen) atoms. The van der Waals surface area contributed by atoms with Crippen molar-refractivity contribution in [1.29, 1.82) is 0 Å². The second-order valence-corrected chi connectivity index (χ2v) is 6.10. The maximum atomic E-state index is 13.6. The van der Waals surface area contributed by atoms with Crippen LogP contribution in [0, 0.1) is 5.82 Å². The topological polar surface area (TPSA) is 58.6 Å². The van der Waals surface area contributed by atoms with Crippen molar-refractivity contribution in [1.82, 2.24) is 5.32 Å². The summed E-state index contributed by atoms with van der Waals surface area (Å²) < 4.78 is 18.5.